The van der Waals surface area contributed by atoms with Gasteiger partial charge in [0, 0.05) is 18.8 Å². The summed E-state index contributed by atoms with van der Waals surface area (Å²) in [5.41, 5.74) is 1.98. The Kier molecular flexibility index (Phi) is 3.27. The fraction of sp³-hybridized carbons (Fsp3) is 0.333. The number of aryl methyl sites for hydroxylation is 2. The van der Waals surface area contributed by atoms with E-state index in [2.05, 4.69) is 15.3 Å². The molecule has 17 heavy (non-hydrogen) atoms. The Hall–Kier alpha value is -2.04. The van der Waals surface area contributed by atoms with Crippen LogP contribution in [0.3, 0.4) is 0 Å². The highest BCUT2D eigenvalue weighted by Crippen LogP contribution is 2.05. The molecule has 90 valence electrons. The maximum absolute atomic E-state index is 11.4. The third kappa shape index (κ3) is 2.75. The Balaban J connectivity index is 2.06. The molecular formula is C12H16N4O. The molecule has 0 radical (unpaired) electrons. The van der Waals surface area contributed by atoms with Gasteiger partial charge in [0.15, 0.2) is 0 Å². The number of hydrogen-bond acceptors (Lipinski definition) is 3. The maximum Gasteiger partial charge on any atom is 0.250 e. The van der Waals surface area contributed by atoms with Crippen LogP contribution in [-0.4, -0.2) is 14.5 Å². The lowest BCUT2D eigenvalue weighted by atomic mass is 10.3. The second kappa shape index (κ2) is 4.86. The van der Waals surface area contributed by atoms with Crippen LogP contribution in [0, 0.1) is 6.92 Å². The van der Waals surface area contributed by atoms with Crippen LogP contribution in [0.5, 0.6) is 0 Å². The fourth-order valence-corrected chi connectivity index (χ4v) is 1.64. The Labute approximate surface area is 99.5 Å². The van der Waals surface area contributed by atoms with Crippen LogP contribution in [0.25, 0.3) is 0 Å². The molecule has 0 saturated heterocycles. The molecule has 2 heterocycles. The number of hydrogen-bond donors (Lipinski definition) is 2. The Morgan fingerprint density at radius 3 is 2.94 bits per heavy atom. The van der Waals surface area contributed by atoms with Crippen molar-refractivity contribution in [1.82, 2.24) is 14.5 Å². The normalized spacial score (nSPS) is 10.5. The number of aromatic amines is 1. The van der Waals surface area contributed by atoms with Crippen molar-refractivity contribution >= 4 is 5.69 Å². The van der Waals surface area contributed by atoms with Crippen LogP contribution in [0.1, 0.15) is 18.4 Å². The third-order valence-corrected chi connectivity index (χ3v) is 2.56. The number of rotatable bonds is 4. The zero-order valence-corrected chi connectivity index (χ0v) is 10.0. The molecule has 0 atom stereocenters. The summed E-state index contributed by atoms with van der Waals surface area (Å²) < 4.78 is 1.67. The number of aromatic nitrogens is 3. The van der Waals surface area contributed by atoms with Gasteiger partial charge in [-0.3, -0.25) is 4.79 Å². The van der Waals surface area contributed by atoms with E-state index in [1.54, 1.807) is 22.9 Å². The van der Waals surface area contributed by atoms with Crippen LogP contribution in [0.15, 0.2) is 29.3 Å². The van der Waals surface area contributed by atoms with E-state index in [0.717, 1.165) is 17.2 Å². The van der Waals surface area contributed by atoms with Crippen molar-refractivity contribution in [2.75, 3.05) is 5.32 Å². The number of pyridine rings is 1. The van der Waals surface area contributed by atoms with E-state index in [-0.39, 0.29) is 5.56 Å². The fourth-order valence-electron chi connectivity index (χ4n) is 1.64. The van der Waals surface area contributed by atoms with Crippen molar-refractivity contribution in [3.05, 3.63) is 46.4 Å². The average Bonchev–Trinajstić information content (AvgIpc) is 2.74. The van der Waals surface area contributed by atoms with Gasteiger partial charge in [-0.2, -0.15) is 0 Å². The van der Waals surface area contributed by atoms with Gasteiger partial charge < -0.3 is 14.9 Å². The summed E-state index contributed by atoms with van der Waals surface area (Å²) in [6.07, 6.45) is 3.63. The van der Waals surface area contributed by atoms with E-state index in [0.29, 0.717) is 13.1 Å². The number of nitrogens with one attached hydrogen (secondary N) is 2. The molecule has 2 aromatic rings. The average molecular weight is 232 g/mol. The van der Waals surface area contributed by atoms with E-state index in [4.69, 9.17) is 0 Å². The molecular weight excluding hydrogens is 216 g/mol. The van der Waals surface area contributed by atoms with E-state index >= 15 is 0 Å². The van der Waals surface area contributed by atoms with Crippen molar-refractivity contribution in [2.24, 2.45) is 0 Å². The monoisotopic (exact) mass is 232 g/mol. The van der Waals surface area contributed by atoms with E-state index in [1.165, 1.54) is 0 Å². The van der Waals surface area contributed by atoms with E-state index < -0.39 is 0 Å². The summed E-state index contributed by atoms with van der Waals surface area (Å²) in [7, 11) is 0. The standard InChI is InChI=1S/C12H16N4O/c1-3-16-8-10(4-5-12(16)17)14-7-11-6-13-9(2)15-11/h4-6,8,14H,3,7H2,1-2H3,(H,13,15). The van der Waals surface area contributed by atoms with Gasteiger partial charge in [-0.05, 0) is 19.9 Å². The van der Waals surface area contributed by atoms with Crippen molar-refractivity contribution in [1.29, 1.82) is 0 Å². The number of imidazole rings is 1. The highest BCUT2D eigenvalue weighted by atomic mass is 16.1. The first-order chi connectivity index (χ1) is 8.19. The Morgan fingerprint density at radius 1 is 1.47 bits per heavy atom. The first kappa shape index (κ1) is 11.4. The smallest absolute Gasteiger partial charge is 0.250 e. The minimum atomic E-state index is 0.0236. The molecule has 0 aliphatic carbocycles. The molecule has 5 heteroatoms. The zero-order chi connectivity index (χ0) is 12.3. The van der Waals surface area contributed by atoms with Crippen LogP contribution in [0.4, 0.5) is 5.69 Å². The summed E-state index contributed by atoms with van der Waals surface area (Å²) in [5.74, 6) is 0.903. The summed E-state index contributed by atoms with van der Waals surface area (Å²) in [6, 6.07) is 3.36. The molecule has 0 aromatic carbocycles. The molecule has 0 aliphatic rings. The zero-order valence-electron chi connectivity index (χ0n) is 10.0. The predicted octanol–water partition coefficient (Wildman–Crippen LogP) is 1.51. The van der Waals surface area contributed by atoms with Gasteiger partial charge in [-0.15, -0.1) is 0 Å². The lowest BCUT2D eigenvalue weighted by Gasteiger charge is -2.07. The predicted molar refractivity (Wildman–Crippen MR) is 67.0 cm³/mol. The van der Waals surface area contributed by atoms with E-state index in [1.807, 2.05) is 20.0 Å². The van der Waals surface area contributed by atoms with Gasteiger partial charge in [-0.1, -0.05) is 0 Å². The number of anilines is 1. The maximum atomic E-state index is 11.4. The Bertz CT molecular complexity index is 556. The van der Waals surface area contributed by atoms with Crippen molar-refractivity contribution in [3.8, 4) is 0 Å². The lowest BCUT2D eigenvalue weighted by Crippen LogP contribution is -2.17. The lowest BCUT2D eigenvalue weighted by molar-refractivity contribution is 0.727. The van der Waals surface area contributed by atoms with Gasteiger partial charge in [-0.25, -0.2) is 4.98 Å². The molecule has 0 spiro atoms. The quantitative estimate of drug-likeness (QED) is 0.840. The minimum Gasteiger partial charge on any atom is -0.378 e. The first-order valence-corrected chi connectivity index (χ1v) is 5.64. The summed E-state index contributed by atoms with van der Waals surface area (Å²) in [6.45, 7) is 5.21. The molecule has 0 amide bonds. The first-order valence-electron chi connectivity index (χ1n) is 5.64. The topological polar surface area (TPSA) is 62.7 Å². The molecule has 0 unspecified atom stereocenters. The van der Waals surface area contributed by atoms with Crippen LogP contribution >= 0.6 is 0 Å². The van der Waals surface area contributed by atoms with Gasteiger partial charge in [0.25, 0.3) is 5.56 Å². The van der Waals surface area contributed by atoms with Gasteiger partial charge in [0.2, 0.25) is 0 Å². The minimum absolute atomic E-state index is 0.0236. The van der Waals surface area contributed by atoms with Crippen LogP contribution < -0.4 is 10.9 Å². The van der Waals surface area contributed by atoms with Crippen molar-refractivity contribution in [3.63, 3.8) is 0 Å². The van der Waals surface area contributed by atoms with Gasteiger partial charge in [0.05, 0.1) is 24.1 Å². The highest BCUT2D eigenvalue weighted by Gasteiger charge is 1.99. The number of nitrogens with zero attached hydrogens (tertiary/aromatic N) is 2. The molecule has 0 saturated carbocycles. The molecule has 0 aliphatic heterocycles. The summed E-state index contributed by atoms with van der Waals surface area (Å²) >= 11 is 0. The molecule has 2 N–H and O–H groups in total. The number of H-pyrrole nitrogens is 1. The highest BCUT2D eigenvalue weighted by molar-refractivity contribution is 5.40. The van der Waals surface area contributed by atoms with E-state index in [9.17, 15) is 4.79 Å². The molecule has 5 nitrogen and oxygen atoms in total. The molecule has 2 rings (SSSR count). The van der Waals surface area contributed by atoms with Gasteiger partial charge >= 0.3 is 0 Å². The molecule has 2 aromatic heterocycles. The largest absolute Gasteiger partial charge is 0.378 e. The van der Waals surface area contributed by atoms with Crippen LogP contribution in [-0.2, 0) is 13.1 Å². The second-order valence-corrected chi connectivity index (χ2v) is 3.89. The summed E-state index contributed by atoms with van der Waals surface area (Å²) in [4.78, 5) is 18.7. The molecule has 0 fully saturated rings. The SMILES string of the molecule is CCn1cc(NCc2cnc(C)[nH]2)ccc1=O. The van der Waals surface area contributed by atoms with Crippen molar-refractivity contribution < 1.29 is 0 Å². The summed E-state index contributed by atoms with van der Waals surface area (Å²) in [5, 5.41) is 3.25. The third-order valence-electron chi connectivity index (χ3n) is 2.56. The van der Waals surface area contributed by atoms with Gasteiger partial charge in [0.1, 0.15) is 5.82 Å². The molecule has 0 bridgehead atoms. The second-order valence-electron chi connectivity index (χ2n) is 3.89. The van der Waals surface area contributed by atoms with Crippen molar-refractivity contribution in [2.45, 2.75) is 26.9 Å². The van der Waals surface area contributed by atoms with Crippen LogP contribution in [0.2, 0.25) is 0 Å². The Morgan fingerprint density at radius 2 is 2.29 bits per heavy atom.